The van der Waals surface area contributed by atoms with Crippen molar-refractivity contribution in [1.82, 2.24) is 14.8 Å². The Hall–Kier alpha value is -1.20. The fraction of sp³-hybridized carbons (Fsp3) is 0.429. The van der Waals surface area contributed by atoms with E-state index in [0.29, 0.717) is 6.54 Å². The molecule has 2 aromatic rings. The van der Waals surface area contributed by atoms with Gasteiger partial charge in [-0.25, -0.2) is 0 Å². The summed E-state index contributed by atoms with van der Waals surface area (Å²) >= 11 is 3.56. The van der Waals surface area contributed by atoms with Crippen LogP contribution in [0.25, 0.3) is 11.4 Å². The molecule has 2 rings (SSSR count). The second-order valence-electron chi connectivity index (χ2n) is 5.56. The standard InChI is InChI=1S/C14H19BrN4/c1-9-10(6-5-7-11(9)15)13-18-17-12(8-16)19(13)14(2,3)4/h5-7H,8,16H2,1-4H3. The van der Waals surface area contributed by atoms with E-state index in [1.807, 2.05) is 12.1 Å². The van der Waals surface area contributed by atoms with Crippen molar-refractivity contribution in [1.29, 1.82) is 0 Å². The molecule has 0 atom stereocenters. The van der Waals surface area contributed by atoms with Crippen LogP contribution < -0.4 is 5.73 Å². The van der Waals surface area contributed by atoms with Crippen molar-refractivity contribution in [3.05, 3.63) is 34.1 Å². The first-order valence-corrected chi connectivity index (χ1v) is 7.06. The molecule has 1 aromatic carbocycles. The largest absolute Gasteiger partial charge is 0.324 e. The Kier molecular flexibility index (Phi) is 3.78. The van der Waals surface area contributed by atoms with Crippen molar-refractivity contribution in [3.63, 3.8) is 0 Å². The smallest absolute Gasteiger partial charge is 0.164 e. The van der Waals surface area contributed by atoms with Gasteiger partial charge < -0.3 is 10.3 Å². The number of halogens is 1. The predicted molar refractivity (Wildman–Crippen MR) is 80.8 cm³/mol. The Morgan fingerprint density at radius 1 is 1.26 bits per heavy atom. The molecule has 0 aliphatic rings. The zero-order valence-corrected chi connectivity index (χ0v) is 13.3. The third-order valence-corrected chi connectivity index (χ3v) is 3.95. The van der Waals surface area contributed by atoms with Crippen LogP contribution >= 0.6 is 15.9 Å². The molecular weight excluding hydrogens is 304 g/mol. The lowest BCUT2D eigenvalue weighted by atomic mass is 10.0. The summed E-state index contributed by atoms with van der Waals surface area (Å²) in [5.41, 5.74) is 7.90. The van der Waals surface area contributed by atoms with Gasteiger partial charge >= 0.3 is 0 Å². The Morgan fingerprint density at radius 3 is 2.53 bits per heavy atom. The van der Waals surface area contributed by atoms with Gasteiger partial charge in [0.05, 0.1) is 6.54 Å². The quantitative estimate of drug-likeness (QED) is 0.923. The zero-order valence-electron chi connectivity index (χ0n) is 11.7. The Bertz CT molecular complexity index is 596. The monoisotopic (exact) mass is 322 g/mol. The van der Waals surface area contributed by atoms with Crippen molar-refractivity contribution in [2.45, 2.75) is 39.8 Å². The van der Waals surface area contributed by atoms with Gasteiger partial charge in [0.15, 0.2) is 5.82 Å². The van der Waals surface area contributed by atoms with E-state index < -0.39 is 0 Å². The van der Waals surface area contributed by atoms with Crippen LogP contribution in [-0.4, -0.2) is 14.8 Å². The molecule has 4 nitrogen and oxygen atoms in total. The first-order valence-electron chi connectivity index (χ1n) is 6.26. The minimum Gasteiger partial charge on any atom is -0.324 e. The molecule has 5 heteroatoms. The first-order chi connectivity index (χ1) is 8.86. The highest BCUT2D eigenvalue weighted by molar-refractivity contribution is 9.10. The zero-order chi connectivity index (χ0) is 14.2. The van der Waals surface area contributed by atoms with E-state index >= 15 is 0 Å². The third-order valence-electron chi connectivity index (χ3n) is 3.09. The number of benzene rings is 1. The summed E-state index contributed by atoms with van der Waals surface area (Å²) in [6.45, 7) is 8.85. The van der Waals surface area contributed by atoms with Gasteiger partial charge in [-0.3, -0.25) is 0 Å². The number of nitrogens with two attached hydrogens (primary N) is 1. The molecular formula is C14H19BrN4. The fourth-order valence-corrected chi connectivity index (χ4v) is 2.54. The van der Waals surface area contributed by atoms with Crippen molar-refractivity contribution in [2.75, 3.05) is 0 Å². The van der Waals surface area contributed by atoms with Gasteiger partial charge in [-0.1, -0.05) is 28.1 Å². The second-order valence-corrected chi connectivity index (χ2v) is 6.42. The van der Waals surface area contributed by atoms with Gasteiger partial charge in [0.1, 0.15) is 5.82 Å². The van der Waals surface area contributed by atoms with E-state index in [9.17, 15) is 0 Å². The molecule has 19 heavy (non-hydrogen) atoms. The van der Waals surface area contributed by atoms with Crippen LogP contribution in [0.15, 0.2) is 22.7 Å². The highest BCUT2D eigenvalue weighted by Crippen LogP contribution is 2.31. The molecule has 0 unspecified atom stereocenters. The Morgan fingerprint density at radius 2 is 1.95 bits per heavy atom. The normalized spacial score (nSPS) is 11.9. The lowest BCUT2D eigenvalue weighted by Gasteiger charge is -2.25. The van der Waals surface area contributed by atoms with Crippen molar-refractivity contribution in [2.24, 2.45) is 5.73 Å². The van der Waals surface area contributed by atoms with E-state index in [2.05, 4.69) is 64.5 Å². The molecule has 0 saturated heterocycles. The van der Waals surface area contributed by atoms with Crippen LogP contribution in [0, 0.1) is 6.92 Å². The highest BCUT2D eigenvalue weighted by atomic mass is 79.9. The molecule has 0 saturated carbocycles. The SMILES string of the molecule is Cc1c(Br)cccc1-c1nnc(CN)n1C(C)(C)C. The number of aromatic nitrogens is 3. The Balaban J connectivity index is 2.70. The minimum absolute atomic E-state index is 0.109. The molecule has 0 amide bonds. The fourth-order valence-electron chi connectivity index (χ4n) is 2.18. The predicted octanol–water partition coefficient (Wildman–Crippen LogP) is 3.23. The molecule has 0 fully saturated rings. The minimum atomic E-state index is -0.109. The lowest BCUT2D eigenvalue weighted by molar-refractivity contribution is 0.386. The Labute approximate surface area is 122 Å². The second kappa shape index (κ2) is 5.06. The maximum Gasteiger partial charge on any atom is 0.164 e. The van der Waals surface area contributed by atoms with E-state index in [-0.39, 0.29) is 5.54 Å². The van der Waals surface area contributed by atoms with E-state index in [1.54, 1.807) is 0 Å². The van der Waals surface area contributed by atoms with Gasteiger partial charge in [0.25, 0.3) is 0 Å². The molecule has 0 spiro atoms. The van der Waals surface area contributed by atoms with Crippen LogP contribution in [0.1, 0.15) is 32.2 Å². The third kappa shape index (κ3) is 2.58. The summed E-state index contributed by atoms with van der Waals surface area (Å²) in [4.78, 5) is 0. The van der Waals surface area contributed by atoms with Gasteiger partial charge in [0, 0.05) is 15.6 Å². The summed E-state index contributed by atoms with van der Waals surface area (Å²) in [6, 6.07) is 6.10. The maximum absolute atomic E-state index is 5.77. The molecule has 0 aliphatic heterocycles. The number of nitrogens with zero attached hydrogens (tertiary/aromatic N) is 3. The van der Waals surface area contributed by atoms with Crippen LogP contribution in [-0.2, 0) is 12.1 Å². The lowest BCUT2D eigenvalue weighted by Crippen LogP contribution is -2.26. The van der Waals surface area contributed by atoms with E-state index in [0.717, 1.165) is 27.2 Å². The van der Waals surface area contributed by atoms with Gasteiger partial charge in [-0.05, 0) is 39.3 Å². The molecule has 102 valence electrons. The molecule has 2 N–H and O–H groups in total. The van der Waals surface area contributed by atoms with Gasteiger partial charge in [0.2, 0.25) is 0 Å². The first kappa shape index (κ1) is 14.2. The van der Waals surface area contributed by atoms with Crippen LogP contribution in [0.2, 0.25) is 0 Å². The summed E-state index contributed by atoms with van der Waals surface area (Å²) in [5, 5.41) is 8.56. The summed E-state index contributed by atoms with van der Waals surface area (Å²) in [5.74, 6) is 1.67. The van der Waals surface area contributed by atoms with Crippen LogP contribution in [0.3, 0.4) is 0 Å². The van der Waals surface area contributed by atoms with E-state index in [1.165, 1.54) is 0 Å². The van der Waals surface area contributed by atoms with Gasteiger partial charge in [-0.15, -0.1) is 10.2 Å². The van der Waals surface area contributed by atoms with Crippen molar-refractivity contribution < 1.29 is 0 Å². The molecule has 1 aromatic heterocycles. The molecule has 0 bridgehead atoms. The maximum atomic E-state index is 5.77. The van der Waals surface area contributed by atoms with Crippen LogP contribution in [0.4, 0.5) is 0 Å². The number of hydrogen-bond donors (Lipinski definition) is 1. The highest BCUT2D eigenvalue weighted by Gasteiger charge is 2.24. The van der Waals surface area contributed by atoms with Crippen LogP contribution in [0.5, 0.6) is 0 Å². The topological polar surface area (TPSA) is 56.7 Å². The molecule has 0 radical (unpaired) electrons. The number of hydrogen-bond acceptors (Lipinski definition) is 3. The van der Waals surface area contributed by atoms with Crippen molar-refractivity contribution >= 4 is 15.9 Å². The summed E-state index contributed by atoms with van der Waals surface area (Å²) in [7, 11) is 0. The van der Waals surface area contributed by atoms with Gasteiger partial charge in [-0.2, -0.15) is 0 Å². The van der Waals surface area contributed by atoms with E-state index in [4.69, 9.17) is 5.73 Å². The molecule has 1 heterocycles. The summed E-state index contributed by atoms with van der Waals surface area (Å²) in [6.07, 6.45) is 0. The summed E-state index contributed by atoms with van der Waals surface area (Å²) < 4.78 is 3.18. The average molecular weight is 323 g/mol. The van der Waals surface area contributed by atoms with Crippen molar-refractivity contribution in [3.8, 4) is 11.4 Å². The number of rotatable bonds is 2. The molecule has 0 aliphatic carbocycles. The average Bonchev–Trinajstić information content (AvgIpc) is 2.76.